The molecule has 0 heterocycles. The highest BCUT2D eigenvalue weighted by atomic mass is 16.5. The second-order valence-electron chi connectivity index (χ2n) is 4.07. The molecule has 1 unspecified atom stereocenters. The van der Waals surface area contributed by atoms with Gasteiger partial charge in [0.15, 0.2) is 0 Å². The van der Waals surface area contributed by atoms with E-state index >= 15 is 0 Å². The van der Waals surface area contributed by atoms with Crippen molar-refractivity contribution in [2.75, 3.05) is 13.2 Å². The van der Waals surface area contributed by atoms with Crippen LogP contribution in [0.3, 0.4) is 0 Å². The molecule has 3 N–H and O–H groups in total. The average Bonchev–Trinajstić information content (AvgIpc) is 2.43. The lowest BCUT2D eigenvalue weighted by atomic mass is 10.0. The highest BCUT2D eigenvalue weighted by molar-refractivity contribution is 5.87. The second-order valence-corrected chi connectivity index (χ2v) is 4.07. The molecule has 2 rings (SSSR count). The van der Waals surface area contributed by atoms with Crippen LogP contribution in [0, 0.1) is 0 Å². The maximum absolute atomic E-state index is 9.45. The number of benzene rings is 2. The number of ether oxygens (including phenoxy) is 1. The highest BCUT2D eigenvalue weighted by Crippen LogP contribution is 2.28. The first-order chi connectivity index (χ1) is 8.76. The summed E-state index contributed by atoms with van der Waals surface area (Å²) >= 11 is 0. The predicted octanol–water partition coefficient (Wildman–Crippen LogP) is 1.06. The van der Waals surface area contributed by atoms with E-state index in [0.717, 1.165) is 10.8 Å². The van der Waals surface area contributed by atoms with Crippen molar-refractivity contribution in [2.45, 2.75) is 12.7 Å². The summed E-state index contributed by atoms with van der Waals surface area (Å²) in [5.41, 5.74) is 0.693. The van der Waals surface area contributed by atoms with E-state index in [1.54, 1.807) is 6.07 Å². The van der Waals surface area contributed by atoms with Crippen LogP contribution in [0.15, 0.2) is 36.4 Å². The van der Waals surface area contributed by atoms with Crippen molar-refractivity contribution in [3.05, 3.63) is 42.0 Å². The van der Waals surface area contributed by atoms with Crippen LogP contribution in [0.4, 0.5) is 0 Å². The predicted molar refractivity (Wildman–Crippen MR) is 68.5 cm³/mol. The summed E-state index contributed by atoms with van der Waals surface area (Å²) in [5.74, 6) is 0.531. The molecule has 0 amide bonds. The van der Waals surface area contributed by atoms with Crippen molar-refractivity contribution in [3.63, 3.8) is 0 Å². The molecule has 96 valence electrons. The summed E-state index contributed by atoms with van der Waals surface area (Å²) < 4.78 is 5.42. The molecule has 0 saturated heterocycles. The summed E-state index contributed by atoms with van der Waals surface area (Å²) in [4.78, 5) is 0. The summed E-state index contributed by atoms with van der Waals surface area (Å²) in [6.07, 6.45) is -0.914. The minimum atomic E-state index is -0.914. The molecule has 1 atom stereocenters. The van der Waals surface area contributed by atoms with E-state index < -0.39 is 6.10 Å². The minimum Gasteiger partial charge on any atom is -0.490 e. The van der Waals surface area contributed by atoms with Crippen molar-refractivity contribution in [1.82, 2.24) is 0 Å². The van der Waals surface area contributed by atoms with Gasteiger partial charge < -0.3 is 20.1 Å². The lowest BCUT2D eigenvalue weighted by Crippen LogP contribution is -2.21. The molecule has 0 radical (unpaired) electrons. The third-order valence-corrected chi connectivity index (χ3v) is 2.80. The van der Waals surface area contributed by atoms with Gasteiger partial charge in [-0.15, -0.1) is 0 Å². The Hall–Kier alpha value is -1.62. The number of aliphatic hydroxyl groups is 3. The van der Waals surface area contributed by atoms with Crippen molar-refractivity contribution >= 4 is 10.8 Å². The Kier molecular flexibility index (Phi) is 4.15. The summed E-state index contributed by atoms with van der Waals surface area (Å²) in [7, 11) is 0. The van der Waals surface area contributed by atoms with Crippen LogP contribution in [0.25, 0.3) is 10.8 Å². The number of hydrogen-bond acceptors (Lipinski definition) is 4. The lowest BCUT2D eigenvalue weighted by molar-refractivity contribution is 0.0529. The molecule has 0 bridgehead atoms. The van der Waals surface area contributed by atoms with Crippen LogP contribution in [0.2, 0.25) is 0 Å². The number of fused-ring (bicyclic) bond motifs is 1. The standard InChI is InChI=1S/C14H16O4/c15-7-11(17)9-18-14-6-5-10-3-1-2-4-12(10)13(14)8-16/h1-6,11,15-17H,7-9H2. The van der Waals surface area contributed by atoms with Crippen molar-refractivity contribution in [1.29, 1.82) is 0 Å². The normalized spacial score (nSPS) is 12.6. The monoisotopic (exact) mass is 248 g/mol. The Bertz CT molecular complexity index is 524. The number of aliphatic hydroxyl groups excluding tert-OH is 3. The van der Waals surface area contributed by atoms with Gasteiger partial charge in [-0.2, -0.15) is 0 Å². The molecule has 18 heavy (non-hydrogen) atoms. The zero-order chi connectivity index (χ0) is 13.0. The van der Waals surface area contributed by atoms with Crippen molar-refractivity contribution in [2.24, 2.45) is 0 Å². The molecule has 2 aromatic carbocycles. The molecular weight excluding hydrogens is 232 g/mol. The van der Waals surface area contributed by atoms with Crippen LogP contribution < -0.4 is 4.74 Å². The fourth-order valence-corrected chi connectivity index (χ4v) is 1.85. The molecule has 0 aliphatic rings. The van der Waals surface area contributed by atoms with Gasteiger partial charge in [0.2, 0.25) is 0 Å². The van der Waals surface area contributed by atoms with Gasteiger partial charge in [0.1, 0.15) is 18.5 Å². The Labute approximate surface area is 105 Å². The van der Waals surface area contributed by atoms with E-state index in [1.165, 1.54) is 0 Å². The molecule has 0 aliphatic carbocycles. The second kappa shape index (κ2) is 5.82. The molecule has 2 aromatic rings. The first kappa shape index (κ1) is 12.8. The summed E-state index contributed by atoms with van der Waals surface area (Å²) in [6.45, 7) is -0.476. The maximum atomic E-state index is 9.45. The van der Waals surface area contributed by atoms with Gasteiger partial charge in [0.05, 0.1) is 13.2 Å². The van der Waals surface area contributed by atoms with Gasteiger partial charge in [0, 0.05) is 5.56 Å². The van der Waals surface area contributed by atoms with Crippen LogP contribution in [-0.4, -0.2) is 34.6 Å². The first-order valence-electron chi connectivity index (χ1n) is 5.79. The average molecular weight is 248 g/mol. The van der Waals surface area contributed by atoms with Gasteiger partial charge in [-0.3, -0.25) is 0 Å². The Balaban J connectivity index is 2.33. The summed E-state index contributed by atoms with van der Waals surface area (Å²) in [5, 5.41) is 29.4. The van der Waals surface area contributed by atoms with E-state index in [0.29, 0.717) is 11.3 Å². The van der Waals surface area contributed by atoms with Crippen LogP contribution >= 0.6 is 0 Å². The minimum absolute atomic E-state index is 0.00183. The van der Waals surface area contributed by atoms with Crippen molar-refractivity contribution < 1.29 is 20.1 Å². The SMILES string of the molecule is OCc1c(OCC(O)CO)ccc2ccccc12. The summed E-state index contributed by atoms with van der Waals surface area (Å²) in [6, 6.07) is 11.4. The number of rotatable bonds is 5. The molecule has 4 heteroatoms. The Morgan fingerprint density at radius 2 is 1.83 bits per heavy atom. The van der Waals surface area contributed by atoms with Gasteiger partial charge in [0.25, 0.3) is 0 Å². The third kappa shape index (κ3) is 2.61. The molecule has 0 aromatic heterocycles. The largest absolute Gasteiger partial charge is 0.490 e. The van der Waals surface area contributed by atoms with Crippen LogP contribution in [-0.2, 0) is 6.61 Å². The van der Waals surface area contributed by atoms with Gasteiger partial charge >= 0.3 is 0 Å². The van der Waals surface area contributed by atoms with E-state index in [2.05, 4.69) is 0 Å². The Morgan fingerprint density at radius 1 is 1.06 bits per heavy atom. The molecule has 0 spiro atoms. The topological polar surface area (TPSA) is 69.9 Å². The lowest BCUT2D eigenvalue weighted by Gasteiger charge is -2.14. The quantitative estimate of drug-likeness (QED) is 0.740. The molecule has 0 fully saturated rings. The van der Waals surface area contributed by atoms with Gasteiger partial charge in [-0.25, -0.2) is 0 Å². The molecule has 0 saturated carbocycles. The molecule has 4 nitrogen and oxygen atoms in total. The highest BCUT2D eigenvalue weighted by Gasteiger charge is 2.09. The van der Waals surface area contributed by atoms with Crippen molar-refractivity contribution in [3.8, 4) is 5.75 Å². The molecule has 0 aliphatic heterocycles. The fourth-order valence-electron chi connectivity index (χ4n) is 1.85. The van der Waals surface area contributed by atoms with Gasteiger partial charge in [-0.1, -0.05) is 30.3 Å². The van der Waals surface area contributed by atoms with Crippen LogP contribution in [0.5, 0.6) is 5.75 Å². The zero-order valence-corrected chi connectivity index (χ0v) is 9.91. The van der Waals surface area contributed by atoms with E-state index in [4.69, 9.17) is 9.84 Å². The van der Waals surface area contributed by atoms with Gasteiger partial charge in [-0.05, 0) is 16.8 Å². The van der Waals surface area contributed by atoms with Crippen LogP contribution in [0.1, 0.15) is 5.56 Å². The van der Waals surface area contributed by atoms with E-state index in [-0.39, 0.29) is 19.8 Å². The fraction of sp³-hybridized carbons (Fsp3) is 0.286. The number of hydrogen-bond donors (Lipinski definition) is 3. The maximum Gasteiger partial charge on any atom is 0.125 e. The smallest absolute Gasteiger partial charge is 0.125 e. The third-order valence-electron chi connectivity index (χ3n) is 2.80. The Morgan fingerprint density at radius 3 is 2.56 bits per heavy atom. The van der Waals surface area contributed by atoms with E-state index in [9.17, 15) is 10.2 Å². The zero-order valence-electron chi connectivity index (χ0n) is 9.91. The first-order valence-corrected chi connectivity index (χ1v) is 5.79. The van der Waals surface area contributed by atoms with E-state index in [1.807, 2.05) is 30.3 Å². The molecular formula is C14H16O4.